The molecule has 4 N–H and O–H groups in total. The normalized spacial score (nSPS) is 10.4. The molecule has 0 aromatic carbocycles. The van der Waals surface area contributed by atoms with Crippen LogP contribution in [0.1, 0.15) is 14.9 Å². The summed E-state index contributed by atoms with van der Waals surface area (Å²) in [6.07, 6.45) is -1.13. The van der Waals surface area contributed by atoms with E-state index in [0.717, 1.165) is 0 Å². The molecule has 120 valence electrons. The fraction of sp³-hybridized carbons (Fsp3) is 1.00. The van der Waals surface area contributed by atoms with Gasteiger partial charge in [-0.3, -0.25) is 0 Å². The van der Waals surface area contributed by atoms with Gasteiger partial charge < -0.3 is 34.6 Å². The van der Waals surface area contributed by atoms with Crippen LogP contribution in [0.5, 0.6) is 0 Å². The Hall–Kier alpha value is -0.280. The molecule has 0 aliphatic rings. The van der Waals surface area contributed by atoms with Gasteiger partial charge in [0.2, 0.25) is 0 Å². The van der Waals surface area contributed by atoms with E-state index in [9.17, 15) is 0 Å². The number of aliphatic hydroxyl groups excluding tert-OH is 4. The van der Waals surface area contributed by atoms with Gasteiger partial charge in [0.25, 0.3) is 0 Å². The third kappa shape index (κ3) is 13.9. The summed E-state index contributed by atoms with van der Waals surface area (Å²) in [6.45, 7) is 0.279. The Morgan fingerprint density at radius 1 is 0.579 bits per heavy atom. The van der Waals surface area contributed by atoms with Gasteiger partial charge in [-0.1, -0.05) is 14.9 Å². The molecule has 0 saturated carbocycles. The minimum Gasteiger partial charge on any atom is -0.394 e. The first-order valence-corrected chi connectivity index (χ1v) is 5.52. The van der Waals surface area contributed by atoms with Crippen LogP contribution in [0.3, 0.4) is 0 Å². The van der Waals surface area contributed by atoms with Crippen molar-refractivity contribution in [2.45, 2.75) is 27.1 Å². The van der Waals surface area contributed by atoms with Gasteiger partial charge in [0.15, 0.2) is 0 Å². The second-order valence-electron chi connectivity index (χ2n) is 3.33. The average Bonchev–Trinajstić information content (AvgIpc) is 2.37. The van der Waals surface area contributed by atoms with E-state index in [4.69, 9.17) is 34.6 Å². The van der Waals surface area contributed by atoms with Gasteiger partial charge in [0, 0.05) is 0 Å². The maximum atomic E-state index is 8.69. The molecule has 0 aliphatic carbocycles. The van der Waals surface area contributed by atoms with E-state index in [0.29, 0.717) is 13.2 Å². The summed E-state index contributed by atoms with van der Waals surface area (Å²) in [5.41, 5.74) is 0. The van der Waals surface area contributed by atoms with E-state index in [1.54, 1.807) is 0 Å². The zero-order chi connectivity index (χ0) is 12.9. The summed E-state index contributed by atoms with van der Waals surface area (Å²) in [5.74, 6) is 0. The number of hydrogen-bond acceptors (Lipinski definition) is 7. The molecule has 0 spiro atoms. The predicted molar refractivity (Wildman–Crippen MR) is 72.1 cm³/mol. The molecular weight excluding hydrogens is 256 g/mol. The molecular formula is C12H30O7. The summed E-state index contributed by atoms with van der Waals surface area (Å²) in [7, 11) is 0. The Morgan fingerprint density at radius 2 is 0.895 bits per heavy atom. The average molecular weight is 286 g/mol. The Kier molecular flexibility index (Phi) is 22.2. The molecule has 19 heavy (non-hydrogen) atoms. The fourth-order valence-electron chi connectivity index (χ4n) is 0.976. The standard InChI is InChI=1S/C10H22O7.2CH4/c11-5-9(6-12)16-3-1-15-2-4-17-10(7-13)8-14;;/h9-14H,1-8H2;2*1H4. The lowest BCUT2D eigenvalue weighted by molar-refractivity contribution is -0.0635. The van der Waals surface area contributed by atoms with Gasteiger partial charge in [-0.25, -0.2) is 0 Å². The van der Waals surface area contributed by atoms with Crippen molar-refractivity contribution in [1.29, 1.82) is 0 Å². The second-order valence-corrected chi connectivity index (χ2v) is 3.33. The maximum absolute atomic E-state index is 8.69. The first-order valence-electron chi connectivity index (χ1n) is 5.52. The van der Waals surface area contributed by atoms with E-state index < -0.39 is 12.2 Å². The maximum Gasteiger partial charge on any atom is 0.104 e. The zero-order valence-electron chi connectivity index (χ0n) is 9.83. The lowest BCUT2D eigenvalue weighted by Crippen LogP contribution is -2.25. The van der Waals surface area contributed by atoms with Crippen LogP contribution in [0.25, 0.3) is 0 Å². The quantitative estimate of drug-likeness (QED) is 0.341. The van der Waals surface area contributed by atoms with Crippen LogP contribution in [0.2, 0.25) is 0 Å². The van der Waals surface area contributed by atoms with Crippen LogP contribution in [0, 0.1) is 0 Å². The second kappa shape index (κ2) is 17.7. The van der Waals surface area contributed by atoms with Gasteiger partial charge >= 0.3 is 0 Å². The number of rotatable bonds is 12. The summed E-state index contributed by atoms with van der Waals surface area (Å²) in [6, 6.07) is 0. The fourth-order valence-corrected chi connectivity index (χ4v) is 0.976. The Morgan fingerprint density at radius 3 is 1.16 bits per heavy atom. The van der Waals surface area contributed by atoms with Crippen molar-refractivity contribution in [2.75, 3.05) is 52.9 Å². The highest BCUT2D eigenvalue weighted by atomic mass is 16.6. The summed E-state index contributed by atoms with van der Waals surface area (Å²) < 4.78 is 15.3. The van der Waals surface area contributed by atoms with Crippen LogP contribution in [0.4, 0.5) is 0 Å². The zero-order valence-corrected chi connectivity index (χ0v) is 9.83. The van der Waals surface area contributed by atoms with Crippen molar-refractivity contribution < 1.29 is 34.6 Å². The van der Waals surface area contributed by atoms with Crippen LogP contribution in [-0.2, 0) is 14.2 Å². The molecule has 0 radical (unpaired) electrons. The van der Waals surface area contributed by atoms with Gasteiger partial charge in [0.1, 0.15) is 12.2 Å². The van der Waals surface area contributed by atoms with E-state index in [-0.39, 0.29) is 54.5 Å². The molecule has 7 nitrogen and oxygen atoms in total. The summed E-state index contributed by atoms with van der Waals surface area (Å²) >= 11 is 0. The first-order chi connectivity index (χ1) is 8.28. The van der Waals surface area contributed by atoms with Crippen LogP contribution < -0.4 is 0 Å². The Bertz CT molecular complexity index is 133. The first kappa shape index (κ1) is 23.8. The highest BCUT2D eigenvalue weighted by Crippen LogP contribution is 1.91. The third-order valence-corrected chi connectivity index (χ3v) is 1.98. The molecule has 0 saturated heterocycles. The molecule has 0 fully saturated rings. The highest BCUT2D eigenvalue weighted by molar-refractivity contribution is 4.52. The minimum absolute atomic E-state index is 0. The smallest absolute Gasteiger partial charge is 0.104 e. The van der Waals surface area contributed by atoms with Crippen molar-refractivity contribution >= 4 is 0 Å². The van der Waals surface area contributed by atoms with Crippen molar-refractivity contribution in [3.63, 3.8) is 0 Å². The molecule has 0 aromatic heterocycles. The SMILES string of the molecule is C.C.OCC(CO)OCCOCCOC(CO)CO. The van der Waals surface area contributed by atoms with Crippen molar-refractivity contribution in [3.05, 3.63) is 0 Å². The van der Waals surface area contributed by atoms with E-state index >= 15 is 0 Å². The predicted octanol–water partition coefficient (Wildman–Crippen LogP) is -0.985. The molecule has 0 unspecified atom stereocenters. The molecule has 7 heteroatoms. The van der Waals surface area contributed by atoms with E-state index in [2.05, 4.69) is 0 Å². The monoisotopic (exact) mass is 286 g/mol. The van der Waals surface area contributed by atoms with Crippen molar-refractivity contribution in [1.82, 2.24) is 0 Å². The molecule has 0 bridgehead atoms. The van der Waals surface area contributed by atoms with Crippen LogP contribution >= 0.6 is 0 Å². The number of ether oxygens (including phenoxy) is 3. The third-order valence-electron chi connectivity index (χ3n) is 1.98. The molecule has 0 amide bonds. The summed E-state index contributed by atoms with van der Waals surface area (Å²) in [5, 5.41) is 34.8. The van der Waals surface area contributed by atoms with Gasteiger partial charge in [-0.15, -0.1) is 0 Å². The molecule has 0 atom stereocenters. The molecule has 0 rings (SSSR count). The van der Waals surface area contributed by atoms with E-state index in [1.165, 1.54) is 0 Å². The largest absolute Gasteiger partial charge is 0.394 e. The lowest BCUT2D eigenvalue weighted by atomic mass is 10.4. The summed E-state index contributed by atoms with van der Waals surface area (Å²) in [4.78, 5) is 0. The minimum atomic E-state index is -0.567. The van der Waals surface area contributed by atoms with Crippen LogP contribution in [0.15, 0.2) is 0 Å². The number of hydrogen-bond donors (Lipinski definition) is 4. The van der Waals surface area contributed by atoms with Crippen LogP contribution in [-0.4, -0.2) is 85.5 Å². The Labute approximate surface area is 115 Å². The van der Waals surface area contributed by atoms with Gasteiger partial charge in [-0.05, 0) is 0 Å². The molecule has 0 heterocycles. The molecule has 0 aromatic rings. The lowest BCUT2D eigenvalue weighted by Gasteiger charge is -2.14. The van der Waals surface area contributed by atoms with Crippen molar-refractivity contribution in [3.8, 4) is 0 Å². The number of aliphatic hydroxyl groups is 4. The van der Waals surface area contributed by atoms with E-state index in [1.807, 2.05) is 0 Å². The Balaban J connectivity index is -0.00000128. The van der Waals surface area contributed by atoms with Crippen molar-refractivity contribution in [2.24, 2.45) is 0 Å². The van der Waals surface area contributed by atoms with Gasteiger partial charge in [0.05, 0.1) is 52.9 Å². The topological polar surface area (TPSA) is 109 Å². The molecule has 0 aliphatic heterocycles. The highest BCUT2D eigenvalue weighted by Gasteiger charge is 2.06. The van der Waals surface area contributed by atoms with Gasteiger partial charge in [-0.2, -0.15) is 0 Å².